The normalized spacial score (nSPS) is 11.6. The van der Waals surface area contributed by atoms with Crippen LogP contribution in [0.3, 0.4) is 0 Å². The molecule has 0 fully saturated rings. The molecule has 0 atom stereocenters. The molecule has 0 saturated carbocycles. The summed E-state index contributed by atoms with van der Waals surface area (Å²) in [5, 5.41) is 0. The monoisotopic (exact) mass is 473 g/mol. The van der Waals surface area contributed by atoms with Crippen molar-refractivity contribution in [2.24, 2.45) is 0 Å². The largest absolute Gasteiger partial charge is 1.00 e. The van der Waals surface area contributed by atoms with Crippen molar-refractivity contribution >= 4 is 0 Å². The lowest BCUT2D eigenvalue weighted by molar-refractivity contribution is -0.929. The van der Waals surface area contributed by atoms with Crippen LogP contribution in [-0.4, -0.2) is 30.7 Å². The lowest BCUT2D eigenvalue weighted by atomic mass is 10.0. The Morgan fingerprint density at radius 1 is 0.281 bits per heavy atom. The average Bonchev–Trinajstić information content (AvgIpc) is 2.78. The quantitative estimate of drug-likeness (QED) is 0.0902. The Labute approximate surface area is 211 Å². The highest BCUT2D eigenvalue weighted by Gasteiger charge is 2.25. The predicted octanol–water partition coefficient (Wildman–Crippen LogP) is 7.47. The molecule has 0 spiro atoms. The number of rotatable bonds is 26. The van der Waals surface area contributed by atoms with E-state index in [9.17, 15) is 0 Å². The highest BCUT2D eigenvalue weighted by Crippen LogP contribution is 2.20. The van der Waals surface area contributed by atoms with Crippen LogP contribution in [0.5, 0.6) is 0 Å². The number of unbranched alkanes of at least 4 members (excludes halogenated alkanes) is 18. The summed E-state index contributed by atoms with van der Waals surface area (Å²) < 4.78 is 1.47. The van der Waals surface area contributed by atoms with Crippen molar-refractivity contribution in [3.05, 3.63) is 0 Å². The maximum atomic E-state index is 2.35. The Kier molecular flexibility index (Phi) is 29.6. The van der Waals surface area contributed by atoms with Gasteiger partial charge in [-0.1, -0.05) is 118 Å². The van der Waals surface area contributed by atoms with E-state index >= 15 is 0 Å². The van der Waals surface area contributed by atoms with Crippen LogP contribution in [0.1, 0.15) is 169 Å². The first-order valence-corrected chi connectivity index (χ1v) is 15.1. The molecule has 0 bridgehead atoms. The molecular weight excluding hydrogens is 410 g/mol. The van der Waals surface area contributed by atoms with Gasteiger partial charge < -0.3 is 16.9 Å². The molecule has 2 heteroatoms. The Bertz CT molecular complexity index is 299. The molecule has 0 aliphatic carbocycles. The van der Waals surface area contributed by atoms with Gasteiger partial charge in [0, 0.05) is 0 Å². The van der Waals surface area contributed by atoms with Gasteiger partial charge in [-0.25, -0.2) is 0 Å². The predicted molar refractivity (Wildman–Crippen MR) is 144 cm³/mol. The number of nitrogens with zero attached hydrogens (tertiary/aromatic N) is 1. The molecule has 0 N–H and O–H groups in total. The van der Waals surface area contributed by atoms with Crippen molar-refractivity contribution in [3.63, 3.8) is 0 Å². The molecular formula is C30H64ClN. The third-order valence-electron chi connectivity index (χ3n) is 7.44. The molecule has 0 radical (unpaired) electrons. The van der Waals surface area contributed by atoms with Crippen LogP contribution >= 0.6 is 0 Å². The van der Waals surface area contributed by atoms with E-state index in [0.29, 0.717) is 0 Å². The number of quaternary nitrogens is 1. The zero-order valence-corrected chi connectivity index (χ0v) is 24.0. The molecule has 0 aliphatic rings. The smallest absolute Gasteiger partial charge is 0.0786 e. The molecule has 1 nitrogen and oxygen atoms in total. The summed E-state index contributed by atoms with van der Waals surface area (Å²) in [4.78, 5) is 0. The lowest BCUT2D eigenvalue weighted by Crippen LogP contribution is -3.00. The average molecular weight is 474 g/mol. The first-order valence-electron chi connectivity index (χ1n) is 15.1. The summed E-state index contributed by atoms with van der Waals surface area (Å²) in [5.41, 5.74) is 0. The van der Waals surface area contributed by atoms with Gasteiger partial charge in [0.15, 0.2) is 0 Å². The second-order valence-electron chi connectivity index (χ2n) is 10.6. The van der Waals surface area contributed by atoms with E-state index in [-0.39, 0.29) is 12.4 Å². The molecule has 0 aromatic carbocycles. The molecule has 0 unspecified atom stereocenters. The Balaban J connectivity index is 0. The summed E-state index contributed by atoms with van der Waals surface area (Å²) >= 11 is 0. The fourth-order valence-corrected chi connectivity index (χ4v) is 5.23. The molecule has 0 amide bonds. The Morgan fingerprint density at radius 3 is 0.719 bits per heavy atom. The van der Waals surface area contributed by atoms with Crippen LogP contribution in [0.25, 0.3) is 0 Å². The van der Waals surface area contributed by atoms with E-state index < -0.39 is 0 Å². The van der Waals surface area contributed by atoms with E-state index in [1.165, 1.54) is 172 Å². The summed E-state index contributed by atoms with van der Waals surface area (Å²) in [6.07, 6.45) is 31.8. The van der Waals surface area contributed by atoms with Crippen LogP contribution in [0.15, 0.2) is 0 Å². The van der Waals surface area contributed by atoms with Gasteiger partial charge in [0.1, 0.15) is 0 Å². The van der Waals surface area contributed by atoms with Gasteiger partial charge in [-0.3, -0.25) is 0 Å². The van der Waals surface area contributed by atoms with Gasteiger partial charge >= 0.3 is 0 Å². The summed E-state index contributed by atoms with van der Waals surface area (Å²) in [6.45, 7) is 15.2. The molecule has 0 rings (SSSR count). The highest BCUT2D eigenvalue weighted by atomic mass is 35.5. The van der Waals surface area contributed by atoms with Crippen molar-refractivity contribution in [1.29, 1.82) is 0 Å². The lowest BCUT2D eigenvalue weighted by Gasteiger charge is -2.39. The standard InChI is InChI=1S/C30H64N.ClH/c1-5-9-13-17-19-21-25-29-31(27-23-15-11-7-3,28-24-16-12-8-4)30-26-22-20-18-14-10-6-2;/h5-30H2,1-4H3;1H/q+1;/p-1. The van der Waals surface area contributed by atoms with E-state index in [1.807, 2.05) is 0 Å². The molecule has 196 valence electrons. The molecule has 0 heterocycles. The van der Waals surface area contributed by atoms with Crippen LogP contribution in [0, 0.1) is 0 Å². The van der Waals surface area contributed by atoms with Gasteiger partial charge in [-0.15, -0.1) is 0 Å². The van der Waals surface area contributed by atoms with E-state index in [0.717, 1.165) is 0 Å². The van der Waals surface area contributed by atoms with Gasteiger partial charge in [0.25, 0.3) is 0 Å². The zero-order chi connectivity index (χ0) is 22.9. The van der Waals surface area contributed by atoms with Crippen LogP contribution in [0.2, 0.25) is 0 Å². The number of halogens is 1. The maximum absolute atomic E-state index is 2.35. The summed E-state index contributed by atoms with van der Waals surface area (Å²) in [7, 11) is 0. The molecule has 32 heavy (non-hydrogen) atoms. The second-order valence-corrected chi connectivity index (χ2v) is 10.6. The van der Waals surface area contributed by atoms with Crippen molar-refractivity contribution in [3.8, 4) is 0 Å². The van der Waals surface area contributed by atoms with E-state index in [4.69, 9.17) is 0 Å². The molecule has 0 aliphatic heterocycles. The topological polar surface area (TPSA) is 0 Å². The first-order chi connectivity index (χ1) is 15.2. The third kappa shape index (κ3) is 22.1. The minimum absolute atomic E-state index is 0. The van der Waals surface area contributed by atoms with E-state index in [1.54, 1.807) is 0 Å². The van der Waals surface area contributed by atoms with Crippen molar-refractivity contribution in [2.75, 3.05) is 26.2 Å². The first kappa shape index (κ1) is 34.4. The van der Waals surface area contributed by atoms with Crippen molar-refractivity contribution in [1.82, 2.24) is 0 Å². The van der Waals surface area contributed by atoms with Crippen LogP contribution in [0.4, 0.5) is 0 Å². The number of hydrogen-bond donors (Lipinski definition) is 0. The van der Waals surface area contributed by atoms with Crippen LogP contribution < -0.4 is 12.4 Å². The summed E-state index contributed by atoms with van der Waals surface area (Å²) in [6, 6.07) is 0. The van der Waals surface area contributed by atoms with Gasteiger partial charge in [0.2, 0.25) is 0 Å². The Morgan fingerprint density at radius 2 is 0.469 bits per heavy atom. The maximum Gasteiger partial charge on any atom is 0.0786 e. The SMILES string of the molecule is CCCCCCCCC[N+](CCCCCC)(CCCCCC)CCCCCCCCC.[Cl-]. The van der Waals surface area contributed by atoms with E-state index in [2.05, 4.69) is 27.7 Å². The summed E-state index contributed by atoms with van der Waals surface area (Å²) in [5.74, 6) is 0. The van der Waals surface area contributed by atoms with Crippen molar-refractivity contribution in [2.45, 2.75) is 169 Å². The van der Waals surface area contributed by atoms with Gasteiger partial charge in [0.05, 0.1) is 26.2 Å². The number of hydrogen-bond acceptors (Lipinski definition) is 0. The zero-order valence-electron chi connectivity index (χ0n) is 23.2. The molecule has 0 saturated heterocycles. The highest BCUT2D eigenvalue weighted by molar-refractivity contribution is 4.54. The third-order valence-corrected chi connectivity index (χ3v) is 7.44. The van der Waals surface area contributed by atoms with Gasteiger partial charge in [-0.2, -0.15) is 0 Å². The second kappa shape index (κ2) is 27.5. The fourth-order valence-electron chi connectivity index (χ4n) is 5.23. The van der Waals surface area contributed by atoms with Gasteiger partial charge in [-0.05, 0) is 51.4 Å². The molecule has 0 aromatic heterocycles. The van der Waals surface area contributed by atoms with Crippen LogP contribution in [-0.2, 0) is 0 Å². The minimum Gasteiger partial charge on any atom is -1.00 e. The minimum atomic E-state index is 0. The Hall–Kier alpha value is 0.250. The van der Waals surface area contributed by atoms with Crippen molar-refractivity contribution < 1.29 is 16.9 Å². The fraction of sp³-hybridized carbons (Fsp3) is 1.00. The molecule has 0 aromatic rings.